The van der Waals surface area contributed by atoms with Gasteiger partial charge in [0.25, 0.3) is 5.91 Å². The third-order valence-corrected chi connectivity index (χ3v) is 5.23. The molecule has 1 atom stereocenters. The van der Waals surface area contributed by atoms with Crippen molar-refractivity contribution in [3.63, 3.8) is 0 Å². The first-order chi connectivity index (χ1) is 13.7. The molecule has 4 rings (SSSR count). The first kappa shape index (κ1) is 18.7. The molecular weight excluding hydrogens is 356 g/mol. The zero-order valence-corrected chi connectivity index (χ0v) is 16.2. The third kappa shape index (κ3) is 4.09. The Labute approximate surface area is 165 Å². The molecule has 3 heterocycles. The average Bonchev–Trinajstić information content (AvgIpc) is 3.29. The van der Waals surface area contributed by atoms with Crippen LogP contribution in [-0.2, 0) is 9.53 Å². The Balaban J connectivity index is 1.35. The molecule has 28 heavy (non-hydrogen) atoms. The van der Waals surface area contributed by atoms with Crippen molar-refractivity contribution in [2.24, 2.45) is 0 Å². The molecule has 0 spiro atoms. The average molecular weight is 382 g/mol. The largest absolute Gasteiger partial charge is 0.494 e. The second kappa shape index (κ2) is 8.56. The van der Waals surface area contributed by atoms with Gasteiger partial charge in [0.05, 0.1) is 12.3 Å². The molecule has 7 heteroatoms. The Morgan fingerprint density at radius 3 is 2.50 bits per heavy atom. The standard InChI is InChI=1S/C21H26N4O3/c1-2-27-17-7-5-16(6-8-17)18-9-10-20(23-22-18)24-11-13-25(14-12-24)21(26)19-4-3-15-28-19/h5-10,19H,2-4,11-15H2,1H3. The highest BCUT2D eigenvalue weighted by atomic mass is 16.5. The molecule has 0 aliphatic carbocycles. The highest BCUT2D eigenvalue weighted by Crippen LogP contribution is 2.22. The number of carbonyl (C=O) groups excluding carboxylic acids is 1. The maximum absolute atomic E-state index is 12.5. The van der Waals surface area contributed by atoms with Crippen molar-refractivity contribution in [1.29, 1.82) is 0 Å². The summed E-state index contributed by atoms with van der Waals surface area (Å²) in [6, 6.07) is 11.9. The lowest BCUT2D eigenvalue weighted by atomic mass is 10.1. The van der Waals surface area contributed by atoms with Crippen molar-refractivity contribution in [1.82, 2.24) is 15.1 Å². The van der Waals surface area contributed by atoms with Crippen LogP contribution in [0.25, 0.3) is 11.3 Å². The molecule has 0 bridgehead atoms. The van der Waals surface area contributed by atoms with E-state index in [1.54, 1.807) is 0 Å². The topological polar surface area (TPSA) is 67.8 Å². The van der Waals surface area contributed by atoms with Gasteiger partial charge < -0.3 is 19.3 Å². The van der Waals surface area contributed by atoms with Gasteiger partial charge in [0.1, 0.15) is 11.9 Å². The summed E-state index contributed by atoms with van der Waals surface area (Å²) in [6.07, 6.45) is 1.59. The fourth-order valence-electron chi connectivity index (χ4n) is 3.67. The maximum atomic E-state index is 12.5. The van der Waals surface area contributed by atoms with Gasteiger partial charge in [-0.2, -0.15) is 0 Å². The van der Waals surface area contributed by atoms with Crippen molar-refractivity contribution < 1.29 is 14.3 Å². The minimum atomic E-state index is -0.236. The fourth-order valence-corrected chi connectivity index (χ4v) is 3.67. The number of benzene rings is 1. The van der Waals surface area contributed by atoms with Gasteiger partial charge in [-0.25, -0.2) is 0 Å². The Hall–Kier alpha value is -2.67. The molecule has 0 N–H and O–H groups in total. The van der Waals surface area contributed by atoms with Crippen LogP contribution in [0.4, 0.5) is 5.82 Å². The monoisotopic (exact) mass is 382 g/mol. The van der Waals surface area contributed by atoms with E-state index in [0.717, 1.165) is 48.8 Å². The van der Waals surface area contributed by atoms with Crippen LogP contribution in [-0.4, -0.2) is 66.5 Å². The van der Waals surface area contributed by atoms with Crippen LogP contribution in [0.15, 0.2) is 36.4 Å². The summed E-state index contributed by atoms with van der Waals surface area (Å²) in [5.41, 5.74) is 1.84. The van der Waals surface area contributed by atoms with Crippen LogP contribution in [0.5, 0.6) is 5.75 Å². The summed E-state index contributed by atoms with van der Waals surface area (Å²) in [5.74, 6) is 1.83. The lowest BCUT2D eigenvalue weighted by molar-refractivity contribution is -0.141. The number of piperazine rings is 1. The van der Waals surface area contributed by atoms with E-state index >= 15 is 0 Å². The van der Waals surface area contributed by atoms with Crippen LogP contribution in [0.2, 0.25) is 0 Å². The molecule has 2 aromatic rings. The Morgan fingerprint density at radius 1 is 1.11 bits per heavy atom. The molecule has 1 amide bonds. The normalized spacial score (nSPS) is 19.7. The Bertz CT molecular complexity index is 780. The molecule has 0 saturated carbocycles. The summed E-state index contributed by atoms with van der Waals surface area (Å²) < 4.78 is 11.0. The van der Waals surface area contributed by atoms with E-state index in [0.29, 0.717) is 26.3 Å². The molecule has 2 fully saturated rings. The maximum Gasteiger partial charge on any atom is 0.251 e. The zero-order chi connectivity index (χ0) is 19.3. The lowest BCUT2D eigenvalue weighted by Gasteiger charge is -2.36. The first-order valence-electron chi connectivity index (χ1n) is 9.97. The van der Waals surface area contributed by atoms with E-state index in [9.17, 15) is 4.79 Å². The SMILES string of the molecule is CCOc1ccc(-c2ccc(N3CCN(C(=O)C4CCCO4)CC3)nn2)cc1. The number of hydrogen-bond donors (Lipinski definition) is 0. The van der Waals surface area contributed by atoms with E-state index in [1.165, 1.54) is 0 Å². The van der Waals surface area contributed by atoms with E-state index in [-0.39, 0.29) is 12.0 Å². The number of amides is 1. The molecule has 2 aliphatic heterocycles. The molecule has 1 aromatic carbocycles. The molecule has 148 valence electrons. The second-order valence-corrected chi connectivity index (χ2v) is 7.05. The summed E-state index contributed by atoms with van der Waals surface area (Å²) in [7, 11) is 0. The highest BCUT2D eigenvalue weighted by molar-refractivity contribution is 5.81. The second-order valence-electron chi connectivity index (χ2n) is 7.05. The molecule has 1 unspecified atom stereocenters. The number of ether oxygens (including phenoxy) is 2. The molecular formula is C21H26N4O3. The van der Waals surface area contributed by atoms with Crippen LogP contribution in [0, 0.1) is 0 Å². The molecule has 7 nitrogen and oxygen atoms in total. The summed E-state index contributed by atoms with van der Waals surface area (Å²) >= 11 is 0. The number of anilines is 1. The van der Waals surface area contributed by atoms with Crippen molar-refractivity contribution >= 4 is 11.7 Å². The van der Waals surface area contributed by atoms with Gasteiger partial charge in [-0.15, -0.1) is 10.2 Å². The molecule has 2 aliphatic rings. The minimum absolute atomic E-state index is 0.133. The molecule has 0 radical (unpaired) electrons. The lowest BCUT2D eigenvalue weighted by Crippen LogP contribution is -2.51. The minimum Gasteiger partial charge on any atom is -0.494 e. The predicted molar refractivity (Wildman–Crippen MR) is 106 cm³/mol. The predicted octanol–water partition coefficient (Wildman–Crippen LogP) is 2.37. The molecule has 2 saturated heterocycles. The van der Waals surface area contributed by atoms with E-state index < -0.39 is 0 Å². The van der Waals surface area contributed by atoms with Crippen LogP contribution < -0.4 is 9.64 Å². The van der Waals surface area contributed by atoms with Gasteiger partial charge in [0.2, 0.25) is 0 Å². The summed E-state index contributed by atoms with van der Waals surface area (Å²) in [4.78, 5) is 16.5. The van der Waals surface area contributed by atoms with Crippen LogP contribution in [0.3, 0.4) is 0 Å². The Morgan fingerprint density at radius 2 is 1.89 bits per heavy atom. The van der Waals surface area contributed by atoms with Crippen LogP contribution >= 0.6 is 0 Å². The number of hydrogen-bond acceptors (Lipinski definition) is 6. The van der Waals surface area contributed by atoms with E-state index in [4.69, 9.17) is 9.47 Å². The number of aromatic nitrogens is 2. The van der Waals surface area contributed by atoms with Gasteiger partial charge >= 0.3 is 0 Å². The highest BCUT2D eigenvalue weighted by Gasteiger charge is 2.30. The van der Waals surface area contributed by atoms with Crippen molar-refractivity contribution in [2.75, 3.05) is 44.3 Å². The van der Waals surface area contributed by atoms with E-state index in [1.807, 2.05) is 48.2 Å². The van der Waals surface area contributed by atoms with Crippen molar-refractivity contribution in [2.45, 2.75) is 25.9 Å². The Kier molecular flexibility index (Phi) is 5.71. The van der Waals surface area contributed by atoms with Gasteiger partial charge in [-0.3, -0.25) is 4.79 Å². The summed E-state index contributed by atoms with van der Waals surface area (Å²) in [5, 5.41) is 8.79. The number of rotatable bonds is 5. The molecule has 1 aromatic heterocycles. The van der Waals surface area contributed by atoms with Crippen LogP contribution in [0.1, 0.15) is 19.8 Å². The van der Waals surface area contributed by atoms with E-state index in [2.05, 4.69) is 15.1 Å². The summed E-state index contributed by atoms with van der Waals surface area (Å²) in [6.45, 7) is 6.23. The fraction of sp³-hybridized carbons (Fsp3) is 0.476. The van der Waals surface area contributed by atoms with Crippen molar-refractivity contribution in [3.05, 3.63) is 36.4 Å². The number of nitrogens with zero attached hydrogens (tertiary/aromatic N) is 4. The van der Waals surface area contributed by atoms with Gasteiger partial charge in [0, 0.05) is 38.3 Å². The smallest absolute Gasteiger partial charge is 0.251 e. The van der Waals surface area contributed by atoms with Gasteiger partial charge in [-0.1, -0.05) is 0 Å². The zero-order valence-electron chi connectivity index (χ0n) is 16.2. The quantitative estimate of drug-likeness (QED) is 0.791. The van der Waals surface area contributed by atoms with Gasteiger partial charge in [0.15, 0.2) is 5.82 Å². The first-order valence-corrected chi connectivity index (χ1v) is 9.97. The van der Waals surface area contributed by atoms with Gasteiger partial charge in [-0.05, 0) is 56.2 Å². The number of carbonyl (C=O) groups is 1. The third-order valence-electron chi connectivity index (χ3n) is 5.23. The van der Waals surface area contributed by atoms with Crippen molar-refractivity contribution in [3.8, 4) is 17.0 Å².